The van der Waals surface area contributed by atoms with Crippen LogP contribution in [-0.2, 0) is 11.0 Å². The average molecular weight is 648 g/mol. The van der Waals surface area contributed by atoms with Crippen molar-refractivity contribution in [3.05, 3.63) is 102 Å². The van der Waals surface area contributed by atoms with Crippen LogP contribution in [0.2, 0.25) is 0 Å². The molecule has 3 aromatic carbocycles. The number of esters is 1. The van der Waals surface area contributed by atoms with Gasteiger partial charge in [0.1, 0.15) is 28.6 Å². The van der Waals surface area contributed by atoms with E-state index in [1.807, 2.05) is 0 Å². The molecule has 0 aliphatic rings. The first-order chi connectivity index (χ1) is 22.1. The van der Waals surface area contributed by atoms with Gasteiger partial charge in [0.25, 0.3) is 0 Å². The van der Waals surface area contributed by atoms with Gasteiger partial charge in [-0.25, -0.2) is 14.8 Å². The first kappa shape index (κ1) is 32.6. The van der Waals surface area contributed by atoms with Crippen molar-refractivity contribution in [2.24, 2.45) is 5.73 Å². The quantitative estimate of drug-likeness (QED) is 0.131. The normalized spacial score (nSPS) is 11.7. The molecule has 0 bridgehead atoms. The minimum absolute atomic E-state index is 0.0487. The van der Waals surface area contributed by atoms with Crippen molar-refractivity contribution in [3.8, 4) is 22.9 Å². The molecule has 5 aromatic rings. The monoisotopic (exact) mass is 647 g/mol. The van der Waals surface area contributed by atoms with Gasteiger partial charge in [0.05, 0.1) is 35.3 Å². The number of halogens is 3. The standard InChI is InChI=1S/C33H28F3N5O6/c1-18-16-41(17-39-18)25-12-20(30(37)43)13-26(29(25)33(34,35)36)47-31(44)24-6-4-5-19-11-21(7-8-23(19)24)46-22-9-10-38-27(14-22)40-28(42)15-32(2,3)45/h4-14,16-17,45H,15H2,1-3H3,(H2,37,43)(H,38,40,42). The number of aliphatic hydroxyl groups is 1. The van der Waals surface area contributed by atoms with E-state index in [4.69, 9.17) is 15.2 Å². The number of nitrogens with zero attached hydrogens (tertiary/aromatic N) is 3. The molecule has 2 aromatic heterocycles. The molecule has 5 rings (SSSR count). The lowest BCUT2D eigenvalue weighted by Crippen LogP contribution is -2.27. The van der Waals surface area contributed by atoms with Crippen molar-refractivity contribution in [1.29, 1.82) is 0 Å². The Kier molecular flexibility index (Phi) is 8.72. The number of nitrogens with two attached hydrogens (primary N) is 1. The highest BCUT2D eigenvalue weighted by molar-refractivity contribution is 6.06. The number of nitrogens with one attached hydrogen (secondary N) is 1. The van der Waals surface area contributed by atoms with Crippen LogP contribution in [0.3, 0.4) is 0 Å². The van der Waals surface area contributed by atoms with Gasteiger partial charge in [-0.2, -0.15) is 13.2 Å². The van der Waals surface area contributed by atoms with E-state index in [0.29, 0.717) is 28.0 Å². The number of aryl methyl sites for hydroxylation is 1. The van der Waals surface area contributed by atoms with E-state index in [-0.39, 0.29) is 23.4 Å². The van der Waals surface area contributed by atoms with Crippen molar-refractivity contribution in [2.45, 2.75) is 39.0 Å². The Hall–Kier alpha value is -5.76. The van der Waals surface area contributed by atoms with Crippen molar-refractivity contribution in [1.82, 2.24) is 14.5 Å². The number of pyridine rings is 1. The van der Waals surface area contributed by atoms with Crippen LogP contribution in [0.25, 0.3) is 16.5 Å². The van der Waals surface area contributed by atoms with E-state index < -0.39 is 46.6 Å². The summed E-state index contributed by atoms with van der Waals surface area (Å²) in [7, 11) is 0. The first-order valence-electron chi connectivity index (χ1n) is 14.0. The minimum Gasteiger partial charge on any atom is -0.457 e. The number of hydrogen-bond acceptors (Lipinski definition) is 8. The number of alkyl halides is 3. The zero-order valence-corrected chi connectivity index (χ0v) is 25.3. The van der Waals surface area contributed by atoms with Gasteiger partial charge in [-0.15, -0.1) is 0 Å². The zero-order valence-electron chi connectivity index (χ0n) is 25.3. The summed E-state index contributed by atoms with van der Waals surface area (Å²) in [4.78, 5) is 45.7. The molecule has 0 saturated carbocycles. The maximum atomic E-state index is 14.4. The fourth-order valence-electron chi connectivity index (χ4n) is 4.78. The van der Waals surface area contributed by atoms with Gasteiger partial charge in [-0.3, -0.25) is 9.59 Å². The van der Waals surface area contributed by atoms with Gasteiger partial charge >= 0.3 is 12.1 Å². The number of benzene rings is 3. The second kappa shape index (κ2) is 12.6. The molecule has 47 heavy (non-hydrogen) atoms. The number of rotatable bonds is 9. The number of fused-ring (bicyclic) bond motifs is 1. The number of aromatic nitrogens is 3. The molecular formula is C33H28F3N5O6. The third-order valence-corrected chi connectivity index (χ3v) is 6.74. The van der Waals surface area contributed by atoms with E-state index in [2.05, 4.69) is 15.3 Å². The highest BCUT2D eigenvalue weighted by Gasteiger charge is 2.39. The van der Waals surface area contributed by atoms with Gasteiger partial charge in [0.2, 0.25) is 11.8 Å². The summed E-state index contributed by atoms with van der Waals surface area (Å²) in [6.45, 7) is 4.59. The maximum Gasteiger partial charge on any atom is 0.422 e. The summed E-state index contributed by atoms with van der Waals surface area (Å²) in [6.07, 6.45) is -1.25. The average Bonchev–Trinajstić information content (AvgIpc) is 3.41. The zero-order chi connectivity index (χ0) is 34.1. The van der Waals surface area contributed by atoms with E-state index in [1.165, 1.54) is 44.4 Å². The highest BCUT2D eigenvalue weighted by atomic mass is 19.4. The second-order valence-corrected chi connectivity index (χ2v) is 11.2. The summed E-state index contributed by atoms with van der Waals surface area (Å²) in [5.41, 5.74) is 2.47. The molecule has 11 nitrogen and oxygen atoms in total. The van der Waals surface area contributed by atoms with Gasteiger partial charge in [0.15, 0.2) is 0 Å². The van der Waals surface area contributed by atoms with Crippen LogP contribution in [-0.4, -0.2) is 43.0 Å². The van der Waals surface area contributed by atoms with Crippen LogP contribution >= 0.6 is 0 Å². The Bertz CT molecular complexity index is 2020. The number of carbonyl (C=O) groups is 3. The smallest absolute Gasteiger partial charge is 0.422 e. The number of primary amides is 1. The molecular weight excluding hydrogens is 619 g/mol. The Morgan fingerprint density at radius 2 is 1.74 bits per heavy atom. The fraction of sp³-hybridized carbons (Fsp3) is 0.182. The minimum atomic E-state index is -4.99. The van der Waals surface area contributed by atoms with Crippen LogP contribution in [0.4, 0.5) is 19.0 Å². The van der Waals surface area contributed by atoms with Crippen LogP contribution in [0, 0.1) is 6.92 Å². The SMILES string of the molecule is Cc1cn(-c2cc(C(N)=O)cc(OC(=O)c3cccc4cc(Oc5ccnc(NC(=O)CC(C)(C)O)c5)ccc34)c2C(F)(F)F)cn1. The summed E-state index contributed by atoms with van der Waals surface area (Å²) in [5.74, 6) is -2.60. The molecule has 4 N–H and O–H groups in total. The van der Waals surface area contributed by atoms with Gasteiger partial charge in [-0.1, -0.05) is 12.1 Å². The number of carbonyl (C=O) groups excluding carboxylic acids is 3. The van der Waals surface area contributed by atoms with E-state index in [9.17, 15) is 32.7 Å². The summed E-state index contributed by atoms with van der Waals surface area (Å²) < 4.78 is 55.6. The molecule has 242 valence electrons. The first-order valence-corrected chi connectivity index (χ1v) is 14.0. The van der Waals surface area contributed by atoms with Crippen LogP contribution in [0.1, 0.15) is 52.2 Å². The molecule has 0 unspecified atom stereocenters. The summed E-state index contributed by atoms with van der Waals surface area (Å²) in [5, 5.41) is 13.3. The molecule has 0 fully saturated rings. The Balaban J connectivity index is 1.44. The lowest BCUT2D eigenvalue weighted by atomic mass is 10.0. The molecule has 2 amide bonds. The van der Waals surface area contributed by atoms with Crippen molar-refractivity contribution in [3.63, 3.8) is 0 Å². The van der Waals surface area contributed by atoms with Crippen LogP contribution in [0.5, 0.6) is 17.2 Å². The number of anilines is 1. The van der Waals surface area contributed by atoms with Gasteiger partial charge in [0, 0.05) is 24.0 Å². The molecule has 0 spiro atoms. The van der Waals surface area contributed by atoms with E-state index in [0.717, 1.165) is 23.0 Å². The predicted octanol–water partition coefficient (Wildman–Crippen LogP) is 5.96. The lowest BCUT2D eigenvalue weighted by molar-refractivity contribution is -0.138. The third kappa shape index (κ3) is 7.73. The van der Waals surface area contributed by atoms with Crippen molar-refractivity contribution < 1.29 is 42.1 Å². The molecule has 0 aliphatic heterocycles. The van der Waals surface area contributed by atoms with Gasteiger partial charge < -0.3 is 30.2 Å². The molecule has 0 atom stereocenters. The lowest BCUT2D eigenvalue weighted by Gasteiger charge is -2.19. The molecule has 0 aliphatic carbocycles. The van der Waals surface area contributed by atoms with Crippen LogP contribution < -0.4 is 20.5 Å². The number of hydrogen-bond donors (Lipinski definition) is 3. The number of imidazole rings is 1. The van der Waals surface area contributed by atoms with Crippen molar-refractivity contribution >= 4 is 34.4 Å². The second-order valence-electron chi connectivity index (χ2n) is 11.2. The van der Waals surface area contributed by atoms with Crippen LogP contribution in [0.15, 0.2) is 79.4 Å². The number of ether oxygens (including phenoxy) is 2. The third-order valence-electron chi connectivity index (χ3n) is 6.74. The largest absolute Gasteiger partial charge is 0.457 e. The molecule has 0 saturated heterocycles. The van der Waals surface area contributed by atoms with Gasteiger partial charge in [-0.05, 0) is 74.0 Å². The van der Waals surface area contributed by atoms with E-state index >= 15 is 0 Å². The van der Waals surface area contributed by atoms with Crippen molar-refractivity contribution in [2.75, 3.05) is 5.32 Å². The Morgan fingerprint density at radius 1 is 1.00 bits per heavy atom. The topological polar surface area (TPSA) is 159 Å². The predicted molar refractivity (Wildman–Crippen MR) is 165 cm³/mol. The maximum absolute atomic E-state index is 14.4. The highest BCUT2D eigenvalue weighted by Crippen LogP contribution is 2.42. The summed E-state index contributed by atoms with van der Waals surface area (Å²) in [6, 6.07) is 14.0. The molecule has 2 heterocycles. The molecule has 0 radical (unpaired) electrons. The number of amides is 2. The Morgan fingerprint density at radius 3 is 2.40 bits per heavy atom. The molecule has 14 heteroatoms. The fourth-order valence-corrected chi connectivity index (χ4v) is 4.78. The Labute approximate surface area is 265 Å². The van der Waals surface area contributed by atoms with E-state index in [1.54, 1.807) is 37.3 Å². The summed E-state index contributed by atoms with van der Waals surface area (Å²) >= 11 is 0.